The van der Waals surface area contributed by atoms with Crippen molar-refractivity contribution in [3.8, 4) is 0 Å². The highest BCUT2D eigenvalue weighted by Crippen LogP contribution is 2.48. The van der Waals surface area contributed by atoms with Crippen molar-refractivity contribution >= 4 is 0 Å². The van der Waals surface area contributed by atoms with E-state index in [4.69, 9.17) is 0 Å². The third-order valence-corrected chi connectivity index (χ3v) is 4.78. The molecule has 0 nitrogen and oxygen atoms in total. The molecule has 84 valence electrons. The van der Waals surface area contributed by atoms with Crippen molar-refractivity contribution in [3.63, 3.8) is 0 Å². The second-order valence-corrected chi connectivity index (χ2v) is 5.68. The first-order valence-corrected chi connectivity index (χ1v) is 6.33. The molecule has 3 aliphatic carbocycles. The summed E-state index contributed by atoms with van der Waals surface area (Å²) in [5, 5.41) is 0. The van der Waals surface area contributed by atoms with Crippen molar-refractivity contribution in [2.24, 2.45) is 0 Å². The van der Waals surface area contributed by atoms with Gasteiger partial charge in [-0.1, -0.05) is 22.3 Å². The SMILES string of the molecule is CC1=C(C)C2=C(C1)CC1=C(CC(C)=C1C)C2. The van der Waals surface area contributed by atoms with Crippen LogP contribution in [-0.2, 0) is 0 Å². The summed E-state index contributed by atoms with van der Waals surface area (Å²) in [6.07, 6.45) is 4.96. The summed E-state index contributed by atoms with van der Waals surface area (Å²) in [5.41, 5.74) is 13.2. The molecule has 0 amide bonds. The maximum Gasteiger partial charge on any atom is -0.00554 e. The average molecular weight is 212 g/mol. The molecule has 16 heavy (non-hydrogen) atoms. The highest BCUT2D eigenvalue weighted by Gasteiger charge is 2.29. The van der Waals surface area contributed by atoms with Crippen LogP contribution < -0.4 is 0 Å². The Balaban J connectivity index is 1.95. The summed E-state index contributed by atoms with van der Waals surface area (Å²) in [6.45, 7) is 9.22. The minimum Gasteiger partial charge on any atom is -0.0660 e. The highest BCUT2D eigenvalue weighted by molar-refractivity contribution is 5.58. The van der Waals surface area contributed by atoms with Gasteiger partial charge in [-0.2, -0.15) is 0 Å². The molecule has 0 aromatic rings. The van der Waals surface area contributed by atoms with Crippen LogP contribution in [0.15, 0.2) is 44.6 Å². The van der Waals surface area contributed by atoms with Crippen molar-refractivity contribution in [1.82, 2.24) is 0 Å². The van der Waals surface area contributed by atoms with E-state index in [1.165, 1.54) is 25.7 Å². The lowest BCUT2D eigenvalue weighted by molar-refractivity contribution is 0.922. The monoisotopic (exact) mass is 212 g/mol. The van der Waals surface area contributed by atoms with Gasteiger partial charge in [0.15, 0.2) is 0 Å². The second-order valence-electron chi connectivity index (χ2n) is 5.68. The molecule has 3 rings (SSSR count). The Morgan fingerprint density at radius 3 is 1.31 bits per heavy atom. The summed E-state index contributed by atoms with van der Waals surface area (Å²) in [6, 6.07) is 0. The summed E-state index contributed by atoms with van der Waals surface area (Å²) in [7, 11) is 0. The third kappa shape index (κ3) is 1.22. The van der Waals surface area contributed by atoms with E-state index in [1.54, 1.807) is 44.6 Å². The van der Waals surface area contributed by atoms with Crippen molar-refractivity contribution in [3.05, 3.63) is 44.6 Å². The molecule has 0 atom stereocenters. The first kappa shape index (κ1) is 10.1. The number of allylic oxidation sites excluding steroid dienone is 8. The minimum absolute atomic E-state index is 1.24. The fourth-order valence-electron chi connectivity index (χ4n) is 3.44. The molecule has 0 unspecified atom stereocenters. The zero-order valence-corrected chi connectivity index (χ0v) is 10.8. The Morgan fingerprint density at radius 1 is 0.562 bits per heavy atom. The van der Waals surface area contributed by atoms with Crippen LogP contribution in [0.4, 0.5) is 0 Å². The zero-order valence-electron chi connectivity index (χ0n) is 10.8. The van der Waals surface area contributed by atoms with Gasteiger partial charge in [0.25, 0.3) is 0 Å². The molecule has 0 heterocycles. The Labute approximate surface area is 98.4 Å². The van der Waals surface area contributed by atoms with E-state index >= 15 is 0 Å². The quantitative estimate of drug-likeness (QED) is 0.538. The van der Waals surface area contributed by atoms with Gasteiger partial charge in [-0.05, 0) is 75.7 Å². The lowest BCUT2D eigenvalue weighted by atomic mass is 9.85. The number of hydrogen-bond acceptors (Lipinski definition) is 0. The number of hydrogen-bond donors (Lipinski definition) is 0. The Bertz CT molecular complexity index is 456. The van der Waals surface area contributed by atoms with E-state index < -0.39 is 0 Å². The van der Waals surface area contributed by atoms with Crippen LogP contribution in [0.3, 0.4) is 0 Å². The summed E-state index contributed by atoms with van der Waals surface area (Å²) < 4.78 is 0. The normalized spacial score (nSPS) is 24.8. The predicted octanol–water partition coefficient (Wildman–Crippen LogP) is 4.85. The first-order chi connectivity index (χ1) is 7.58. The summed E-state index contributed by atoms with van der Waals surface area (Å²) >= 11 is 0. The molecule has 0 N–H and O–H groups in total. The number of rotatable bonds is 0. The van der Waals surface area contributed by atoms with Crippen LogP contribution in [0.25, 0.3) is 0 Å². The first-order valence-electron chi connectivity index (χ1n) is 6.33. The Kier molecular flexibility index (Phi) is 2.04. The van der Waals surface area contributed by atoms with Crippen molar-refractivity contribution in [2.75, 3.05) is 0 Å². The molecule has 0 fully saturated rings. The topological polar surface area (TPSA) is 0 Å². The average Bonchev–Trinajstić information content (AvgIpc) is 2.67. The van der Waals surface area contributed by atoms with Gasteiger partial charge in [0.1, 0.15) is 0 Å². The molecule has 0 saturated heterocycles. The van der Waals surface area contributed by atoms with E-state index in [2.05, 4.69) is 27.7 Å². The van der Waals surface area contributed by atoms with Crippen molar-refractivity contribution in [1.29, 1.82) is 0 Å². The molecule has 0 heteroatoms. The fraction of sp³-hybridized carbons (Fsp3) is 0.500. The fourth-order valence-corrected chi connectivity index (χ4v) is 3.44. The van der Waals surface area contributed by atoms with Gasteiger partial charge in [-0.15, -0.1) is 0 Å². The lowest BCUT2D eigenvalue weighted by Gasteiger charge is -2.20. The Hall–Kier alpha value is -1.04. The second kappa shape index (κ2) is 3.23. The predicted molar refractivity (Wildman–Crippen MR) is 69.3 cm³/mol. The maximum absolute atomic E-state index is 2.31. The largest absolute Gasteiger partial charge is 0.0660 e. The molecule has 0 bridgehead atoms. The minimum atomic E-state index is 1.24. The zero-order chi connectivity index (χ0) is 11.4. The van der Waals surface area contributed by atoms with Gasteiger partial charge in [0, 0.05) is 0 Å². The lowest BCUT2D eigenvalue weighted by Crippen LogP contribution is -2.01. The van der Waals surface area contributed by atoms with Crippen LogP contribution in [0.2, 0.25) is 0 Å². The molecule has 0 saturated carbocycles. The van der Waals surface area contributed by atoms with Gasteiger partial charge in [0.2, 0.25) is 0 Å². The molecule has 0 spiro atoms. The van der Waals surface area contributed by atoms with Gasteiger partial charge in [0.05, 0.1) is 0 Å². The van der Waals surface area contributed by atoms with Crippen LogP contribution in [-0.4, -0.2) is 0 Å². The van der Waals surface area contributed by atoms with E-state index in [9.17, 15) is 0 Å². The van der Waals surface area contributed by atoms with Gasteiger partial charge in [-0.3, -0.25) is 0 Å². The van der Waals surface area contributed by atoms with Crippen molar-refractivity contribution < 1.29 is 0 Å². The molecular formula is C16H20. The van der Waals surface area contributed by atoms with Crippen molar-refractivity contribution in [2.45, 2.75) is 53.4 Å². The van der Waals surface area contributed by atoms with Crippen LogP contribution in [0, 0.1) is 0 Å². The molecular weight excluding hydrogens is 192 g/mol. The van der Waals surface area contributed by atoms with E-state index in [1.807, 2.05) is 0 Å². The highest BCUT2D eigenvalue weighted by atomic mass is 14.3. The molecule has 0 aliphatic heterocycles. The standard InChI is InChI=1S/C16H20/c1-9-5-13-7-16-12(4)10(2)6-14(16)8-15(13)11(9)3/h5-8H2,1-4H3. The van der Waals surface area contributed by atoms with E-state index in [-0.39, 0.29) is 0 Å². The molecule has 0 aromatic heterocycles. The van der Waals surface area contributed by atoms with Crippen LogP contribution in [0.1, 0.15) is 53.4 Å². The van der Waals surface area contributed by atoms with Gasteiger partial charge < -0.3 is 0 Å². The van der Waals surface area contributed by atoms with Gasteiger partial charge in [-0.25, -0.2) is 0 Å². The molecule has 0 aromatic carbocycles. The summed E-state index contributed by atoms with van der Waals surface area (Å²) in [4.78, 5) is 0. The van der Waals surface area contributed by atoms with E-state index in [0.29, 0.717) is 0 Å². The molecule has 0 radical (unpaired) electrons. The van der Waals surface area contributed by atoms with Crippen LogP contribution >= 0.6 is 0 Å². The third-order valence-electron chi connectivity index (χ3n) is 4.78. The Morgan fingerprint density at radius 2 is 0.938 bits per heavy atom. The van der Waals surface area contributed by atoms with Gasteiger partial charge >= 0.3 is 0 Å². The summed E-state index contributed by atoms with van der Waals surface area (Å²) in [5.74, 6) is 0. The smallest absolute Gasteiger partial charge is 0.00554 e. The van der Waals surface area contributed by atoms with E-state index in [0.717, 1.165) is 0 Å². The maximum atomic E-state index is 2.31. The molecule has 3 aliphatic rings. The van der Waals surface area contributed by atoms with Crippen LogP contribution in [0.5, 0.6) is 0 Å².